The first-order chi connectivity index (χ1) is 1.73. The number of hydrogen-bond acceptors (Lipinski definition) is 2. The van der Waals surface area contributed by atoms with Crippen LogP contribution in [0.15, 0.2) is 0 Å². The van der Waals surface area contributed by atoms with E-state index >= 15 is 0 Å². The summed E-state index contributed by atoms with van der Waals surface area (Å²) >= 11 is 0. The zero-order chi connectivity index (χ0) is 3.58. The van der Waals surface area contributed by atoms with Gasteiger partial charge in [0.2, 0.25) is 0 Å². The Labute approximate surface area is 78.8 Å². The maximum atomic E-state index is 8.36. The van der Waals surface area contributed by atoms with E-state index < -0.39 is 5.09 Å². The van der Waals surface area contributed by atoms with Crippen molar-refractivity contribution in [3.63, 3.8) is 0 Å². The molecule has 0 rings (SSSR count). The summed E-state index contributed by atoms with van der Waals surface area (Å²) in [5.74, 6) is 0. The quantitative estimate of drug-likeness (QED) is 0.252. The van der Waals surface area contributed by atoms with Crippen LogP contribution < -0.4 is 29.6 Å². The molecule has 1 radical (unpaired) electrons. The smallest absolute Gasteiger partial charge is 1.00 e. The molecule has 0 aliphatic rings. The molecule has 0 atom stereocenters. The van der Waals surface area contributed by atoms with Gasteiger partial charge in [0.15, 0.2) is 0 Å². The molecule has 7 heavy (non-hydrogen) atoms. The van der Waals surface area contributed by atoms with Crippen molar-refractivity contribution in [1.82, 2.24) is 0 Å². The fourth-order valence-corrected chi connectivity index (χ4v) is 0. The largest absolute Gasteiger partial charge is 1.00 e. The Morgan fingerprint density at radius 2 is 1.71 bits per heavy atom. The van der Waals surface area contributed by atoms with Gasteiger partial charge in [-0.15, -0.1) is 10.1 Å². The Kier molecular flexibility index (Phi) is 55.8. The van der Waals surface area contributed by atoms with Crippen LogP contribution in [0, 0.1) is 10.1 Å². The van der Waals surface area contributed by atoms with Crippen molar-refractivity contribution >= 4 is 0 Å². The van der Waals surface area contributed by atoms with Crippen LogP contribution in [0.1, 0.15) is 1.43 Å². The second-order valence-corrected chi connectivity index (χ2v) is 0.238. The van der Waals surface area contributed by atoms with Gasteiger partial charge in [0.1, 0.15) is 0 Å². The first-order valence-electron chi connectivity index (χ1n) is 0.565. The summed E-state index contributed by atoms with van der Waals surface area (Å²) in [5.41, 5.74) is 0. The molecule has 0 bridgehead atoms. The molecule has 3 N–H and O–H groups in total. The molecule has 0 fully saturated rings. The van der Waals surface area contributed by atoms with Gasteiger partial charge < -0.3 is 12.1 Å². The molecular formula is H4AgNNaO4. The van der Waals surface area contributed by atoms with Crippen LogP contribution in [-0.4, -0.2) is 15.8 Å². The molecule has 45 valence electrons. The molecule has 0 saturated carbocycles. The fraction of sp³-hybridized carbons (Fsp3) is 0. The van der Waals surface area contributed by atoms with E-state index in [4.69, 9.17) is 15.3 Å². The Balaban J connectivity index is -0.00000000750. The van der Waals surface area contributed by atoms with Crippen molar-refractivity contribution in [3.05, 3.63) is 10.1 Å². The van der Waals surface area contributed by atoms with Crippen molar-refractivity contribution in [2.45, 2.75) is 0 Å². The van der Waals surface area contributed by atoms with Crippen molar-refractivity contribution in [2.24, 2.45) is 0 Å². The van der Waals surface area contributed by atoms with E-state index in [2.05, 4.69) is 0 Å². The zero-order valence-corrected chi connectivity index (χ0v) is 6.99. The minimum Gasteiger partial charge on any atom is -1.00 e. The maximum Gasteiger partial charge on any atom is 1.00 e. The summed E-state index contributed by atoms with van der Waals surface area (Å²) in [4.78, 5) is 8.36. The van der Waals surface area contributed by atoms with E-state index in [0.717, 1.165) is 0 Å². The number of hydrogen-bond donors (Lipinski definition) is 1. The van der Waals surface area contributed by atoms with E-state index in [1.54, 1.807) is 0 Å². The molecule has 0 heterocycles. The van der Waals surface area contributed by atoms with Gasteiger partial charge in [-0.05, 0) is 0 Å². The molecule has 0 spiro atoms. The molecule has 0 unspecified atom stereocenters. The van der Waals surface area contributed by atoms with E-state index in [1.165, 1.54) is 0 Å². The van der Waals surface area contributed by atoms with Crippen molar-refractivity contribution in [1.29, 1.82) is 0 Å². The van der Waals surface area contributed by atoms with E-state index in [-0.39, 0.29) is 58.8 Å². The fourth-order valence-electron chi connectivity index (χ4n) is 0. The average molecular weight is 213 g/mol. The Bertz CT molecular complexity index is 39.0. The van der Waals surface area contributed by atoms with Crippen LogP contribution in [-0.2, 0) is 22.4 Å². The predicted octanol–water partition coefficient (Wildman–Crippen LogP) is -4.06. The third kappa shape index (κ3) is 204. The molecule has 7 heteroatoms. The van der Waals surface area contributed by atoms with Gasteiger partial charge in [0.05, 0.1) is 0 Å². The van der Waals surface area contributed by atoms with Crippen molar-refractivity contribution in [3.8, 4) is 0 Å². The standard InChI is InChI=1S/Ag.HNO3.Na.H2O.H/c;2-1(3)4;;;/h;(H,2,3,4);;1H2;/q;;+1;;-1. The summed E-state index contributed by atoms with van der Waals surface area (Å²) in [6.45, 7) is 0. The third-order valence-electron chi connectivity index (χ3n) is 0. The van der Waals surface area contributed by atoms with E-state index in [9.17, 15) is 0 Å². The van der Waals surface area contributed by atoms with Gasteiger partial charge in [-0.1, -0.05) is 0 Å². The Morgan fingerprint density at radius 1 is 1.71 bits per heavy atom. The summed E-state index contributed by atoms with van der Waals surface area (Å²) in [6, 6.07) is 0. The molecule has 0 aromatic carbocycles. The molecule has 0 aromatic rings. The molecule has 0 amide bonds. The van der Waals surface area contributed by atoms with Crippen LogP contribution in [0.3, 0.4) is 0 Å². The summed E-state index contributed by atoms with van der Waals surface area (Å²) in [7, 11) is 0. The molecule has 0 saturated heterocycles. The molecular weight excluding hydrogens is 209 g/mol. The van der Waals surface area contributed by atoms with Gasteiger partial charge >= 0.3 is 29.6 Å². The monoisotopic (exact) mass is 212 g/mol. The predicted molar refractivity (Wildman–Crippen MR) is 13.5 cm³/mol. The summed E-state index contributed by atoms with van der Waals surface area (Å²) < 4.78 is 0. The molecule has 0 aliphatic carbocycles. The first kappa shape index (κ1) is 24.7. The second-order valence-electron chi connectivity index (χ2n) is 0.238. The van der Waals surface area contributed by atoms with Crippen LogP contribution in [0.2, 0.25) is 0 Å². The average Bonchev–Trinajstić information content (AvgIpc) is 0.811. The van der Waals surface area contributed by atoms with Gasteiger partial charge in [0, 0.05) is 22.4 Å². The minimum absolute atomic E-state index is 0. The van der Waals surface area contributed by atoms with Crippen LogP contribution >= 0.6 is 0 Å². The van der Waals surface area contributed by atoms with Gasteiger partial charge in [0.25, 0.3) is 5.09 Å². The summed E-state index contributed by atoms with van der Waals surface area (Å²) in [5, 5.41) is 13.6. The Hall–Kier alpha value is 0.900. The van der Waals surface area contributed by atoms with E-state index in [1.807, 2.05) is 0 Å². The van der Waals surface area contributed by atoms with Gasteiger partial charge in [-0.3, -0.25) is 0 Å². The van der Waals surface area contributed by atoms with Crippen LogP contribution in [0.5, 0.6) is 0 Å². The normalized spacial score (nSPS) is 3.43. The van der Waals surface area contributed by atoms with Crippen molar-refractivity contribution in [2.75, 3.05) is 0 Å². The van der Waals surface area contributed by atoms with Crippen LogP contribution in [0.25, 0.3) is 0 Å². The maximum absolute atomic E-state index is 8.36. The van der Waals surface area contributed by atoms with Gasteiger partial charge in [-0.2, -0.15) is 0 Å². The molecule has 0 aliphatic heterocycles. The zero-order valence-electron chi connectivity index (χ0n) is 4.51. The SMILES string of the molecule is O.O=[N+]([O-])O.[Ag].[H-].[Na+]. The molecule has 5 nitrogen and oxygen atoms in total. The van der Waals surface area contributed by atoms with Crippen molar-refractivity contribution < 1.29 is 69.1 Å². The second kappa shape index (κ2) is 15.8. The summed E-state index contributed by atoms with van der Waals surface area (Å²) in [6.07, 6.45) is 0. The first-order valence-corrected chi connectivity index (χ1v) is 0.565. The topological polar surface area (TPSA) is 94.9 Å². The Morgan fingerprint density at radius 3 is 1.71 bits per heavy atom. The minimum atomic E-state index is -1.50. The van der Waals surface area contributed by atoms with Gasteiger partial charge in [-0.25, -0.2) is 0 Å². The number of rotatable bonds is 0. The number of nitrogens with zero attached hydrogens (tertiary/aromatic N) is 1. The van der Waals surface area contributed by atoms with Crippen LogP contribution in [0.4, 0.5) is 0 Å². The van der Waals surface area contributed by atoms with E-state index in [0.29, 0.717) is 0 Å². The third-order valence-corrected chi connectivity index (χ3v) is 0. The molecule has 0 aromatic heterocycles.